The number of nitrogens with one attached hydrogen (secondary N) is 1. The predicted octanol–water partition coefficient (Wildman–Crippen LogP) is 2.04. The van der Waals surface area contributed by atoms with Gasteiger partial charge in [0, 0.05) is 11.3 Å². The normalized spacial score (nSPS) is 11.8. The number of esters is 1. The fourth-order valence-electron chi connectivity index (χ4n) is 1.86. The van der Waals surface area contributed by atoms with Gasteiger partial charge in [-0.25, -0.2) is 4.79 Å². The van der Waals surface area contributed by atoms with Gasteiger partial charge in [-0.05, 0) is 37.1 Å². The van der Waals surface area contributed by atoms with Crippen molar-refractivity contribution in [1.82, 2.24) is 5.32 Å². The fraction of sp³-hybridized carbons (Fsp3) is 0.467. The highest BCUT2D eigenvalue weighted by atomic mass is 16.5. The molecule has 0 aliphatic carbocycles. The van der Waals surface area contributed by atoms with E-state index in [1.54, 1.807) is 18.2 Å². The molecule has 5 heteroatoms. The third-order valence-corrected chi connectivity index (χ3v) is 3.17. The minimum atomic E-state index is -0.606. The highest BCUT2D eigenvalue weighted by molar-refractivity contribution is 5.97. The monoisotopic (exact) mass is 278 g/mol. The smallest absolute Gasteiger partial charge is 0.328 e. The summed E-state index contributed by atoms with van der Waals surface area (Å²) in [4.78, 5) is 23.8. The molecule has 0 radical (unpaired) electrons. The summed E-state index contributed by atoms with van der Waals surface area (Å²) < 4.78 is 4.72. The molecular weight excluding hydrogens is 256 g/mol. The Morgan fingerprint density at radius 3 is 2.65 bits per heavy atom. The maximum absolute atomic E-state index is 12.1. The van der Waals surface area contributed by atoms with Gasteiger partial charge in [0.2, 0.25) is 0 Å². The number of carbonyl (C=O) groups is 2. The van der Waals surface area contributed by atoms with Crippen LogP contribution in [-0.4, -0.2) is 25.0 Å². The SMILES string of the molecule is CCCCC(NC(=O)c1ccc(N)c(C)c1)C(=O)OC. The molecule has 5 nitrogen and oxygen atoms in total. The molecular formula is C15H22N2O3. The van der Waals surface area contributed by atoms with E-state index >= 15 is 0 Å². The van der Waals surface area contributed by atoms with Gasteiger partial charge in [0.25, 0.3) is 5.91 Å². The number of aryl methyl sites for hydroxylation is 1. The first-order valence-corrected chi connectivity index (χ1v) is 6.74. The van der Waals surface area contributed by atoms with Crippen LogP contribution < -0.4 is 11.1 Å². The molecule has 0 aliphatic rings. The summed E-state index contributed by atoms with van der Waals surface area (Å²) in [6.45, 7) is 3.86. The van der Waals surface area contributed by atoms with Gasteiger partial charge in [-0.2, -0.15) is 0 Å². The zero-order valence-corrected chi connectivity index (χ0v) is 12.2. The summed E-state index contributed by atoms with van der Waals surface area (Å²) in [7, 11) is 1.32. The lowest BCUT2D eigenvalue weighted by Crippen LogP contribution is -2.41. The number of nitrogen functional groups attached to an aromatic ring is 1. The van der Waals surface area contributed by atoms with Gasteiger partial charge in [-0.3, -0.25) is 4.79 Å². The van der Waals surface area contributed by atoms with Crippen molar-refractivity contribution in [3.8, 4) is 0 Å². The maximum atomic E-state index is 12.1. The second-order valence-corrected chi connectivity index (χ2v) is 4.76. The van der Waals surface area contributed by atoms with Crippen LogP contribution in [0, 0.1) is 6.92 Å². The van der Waals surface area contributed by atoms with Gasteiger partial charge in [0.1, 0.15) is 6.04 Å². The van der Waals surface area contributed by atoms with Crippen molar-refractivity contribution in [2.24, 2.45) is 0 Å². The summed E-state index contributed by atoms with van der Waals surface area (Å²) >= 11 is 0. The van der Waals surface area contributed by atoms with Gasteiger partial charge in [0.15, 0.2) is 0 Å². The van der Waals surface area contributed by atoms with Crippen LogP contribution in [0.4, 0.5) is 5.69 Å². The second-order valence-electron chi connectivity index (χ2n) is 4.76. The number of carbonyl (C=O) groups excluding carboxylic acids is 2. The quantitative estimate of drug-likeness (QED) is 0.616. The molecule has 1 aromatic carbocycles. The van der Waals surface area contributed by atoms with Crippen molar-refractivity contribution in [3.63, 3.8) is 0 Å². The number of benzene rings is 1. The predicted molar refractivity (Wildman–Crippen MR) is 78.4 cm³/mol. The first-order valence-electron chi connectivity index (χ1n) is 6.74. The fourth-order valence-corrected chi connectivity index (χ4v) is 1.86. The molecule has 0 aliphatic heterocycles. The minimum absolute atomic E-state index is 0.292. The molecule has 1 aromatic rings. The average molecular weight is 278 g/mol. The van der Waals surface area contributed by atoms with Crippen molar-refractivity contribution in [3.05, 3.63) is 29.3 Å². The Morgan fingerprint density at radius 1 is 1.40 bits per heavy atom. The van der Waals surface area contributed by atoms with E-state index in [9.17, 15) is 9.59 Å². The third kappa shape index (κ3) is 4.26. The Balaban J connectivity index is 2.78. The molecule has 0 spiro atoms. The van der Waals surface area contributed by atoms with Crippen LogP contribution in [0.1, 0.15) is 42.1 Å². The topological polar surface area (TPSA) is 81.4 Å². The molecule has 0 heterocycles. The largest absolute Gasteiger partial charge is 0.467 e. The number of amides is 1. The van der Waals surface area contributed by atoms with Crippen LogP contribution in [0.3, 0.4) is 0 Å². The lowest BCUT2D eigenvalue weighted by atomic mass is 10.1. The van der Waals surface area contributed by atoms with Crippen LogP contribution in [0.15, 0.2) is 18.2 Å². The van der Waals surface area contributed by atoms with E-state index in [-0.39, 0.29) is 5.91 Å². The molecule has 1 atom stereocenters. The second kappa shape index (κ2) is 7.53. The van der Waals surface area contributed by atoms with Crippen molar-refractivity contribution < 1.29 is 14.3 Å². The number of unbranched alkanes of at least 4 members (excludes halogenated alkanes) is 1. The highest BCUT2D eigenvalue weighted by Crippen LogP contribution is 2.13. The first kappa shape index (κ1) is 16.0. The highest BCUT2D eigenvalue weighted by Gasteiger charge is 2.21. The first-order chi connectivity index (χ1) is 9.49. The van der Waals surface area contributed by atoms with Gasteiger partial charge < -0.3 is 15.8 Å². The van der Waals surface area contributed by atoms with E-state index in [1.165, 1.54) is 7.11 Å². The Bertz CT molecular complexity index is 486. The lowest BCUT2D eigenvalue weighted by molar-refractivity contribution is -0.143. The van der Waals surface area contributed by atoms with E-state index in [1.807, 2.05) is 13.8 Å². The van der Waals surface area contributed by atoms with Crippen LogP contribution in [0.25, 0.3) is 0 Å². The molecule has 1 unspecified atom stereocenters. The summed E-state index contributed by atoms with van der Waals surface area (Å²) in [5, 5.41) is 2.71. The molecule has 0 saturated carbocycles. The molecule has 0 aromatic heterocycles. The summed E-state index contributed by atoms with van der Waals surface area (Å²) in [5.74, 6) is -0.710. The number of rotatable bonds is 6. The summed E-state index contributed by atoms with van der Waals surface area (Å²) in [6, 6.07) is 4.43. The van der Waals surface area contributed by atoms with E-state index in [0.29, 0.717) is 17.7 Å². The summed E-state index contributed by atoms with van der Waals surface area (Å²) in [5.41, 5.74) is 7.68. The van der Waals surface area contributed by atoms with Crippen molar-refractivity contribution in [1.29, 1.82) is 0 Å². The van der Waals surface area contributed by atoms with Crippen LogP contribution in [-0.2, 0) is 9.53 Å². The molecule has 1 rings (SSSR count). The number of hydrogen-bond donors (Lipinski definition) is 2. The van der Waals surface area contributed by atoms with Crippen LogP contribution in [0.2, 0.25) is 0 Å². The standard InChI is InChI=1S/C15H22N2O3/c1-4-5-6-13(15(19)20-3)17-14(18)11-7-8-12(16)10(2)9-11/h7-9,13H,4-6,16H2,1-3H3,(H,17,18). The number of methoxy groups -OCH3 is 1. The lowest BCUT2D eigenvalue weighted by Gasteiger charge is -2.16. The zero-order chi connectivity index (χ0) is 15.1. The van der Waals surface area contributed by atoms with E-state index in [2.05, 4.69) is 5.32 Å². The Kier molecular flexibility index (Phi) is 6.03. The van der Waals surface area contributed by atoms with E-state index < -0.39 is 12.0 Å². The zero-order valence-electron chi connectivity index (χ0n) is 12.2. The number of hydrogen-bond acceptors (Lipinski definition) is 4. The van der Waals surface area contributed by atoms with Crippen LogP contribution >= 0.6 is 0 Å². The number of ether oxygens (including phenoxy) is 1. The summed E-state index contributed by atoms with van der Waals surface area (Å²) in [6.07, 6.45) is 2.37. The Morgan fingerprint density at radius 2 is 2.10 bits per heavy atom. The molecule has 0 bridgehead atoms. The van der Waals surface area contributed by atoms with Crippen LogP contribution in [0.5, 0.6) is 0 Å². The van der Waals surface area contributed by atoms with Crippen molar-refractivity contribution >= 4 is 17.6 Å². The van der Waals surface area contributed by atoms with Gasteiger partial charge in [-0.1, -0.05) is 19.8 Å². The van der Waals surface area contributed by atoms with Gasteiger partial charge in [0.05, 0.1) is 7.11 Å². The minimum Gasteiger partial charge on any atom is -0.467 e. The van der Waals surface area contributed by atoms with Gasteiger partial charge >= 0.3 is 5.97 Å². The Labute approximate surface area is 119 Å². The molecule has 0 saturated heterocycles. The molecule has 1 amide bonds. The van der Waals surface area contributed by atoms with Gasteiger partial charge in [-0.15, -0.1) is 0 Å². The molecule has 3 N–H and O–H groups in total. The van der Waals surface area contributed by atoms with E-state index in [4.69, 9.17) is 10.5 Å². The molecule has 20 heavy (non-hydrogen) atoms. The Hall–Kier alpha value is -2.04. The van der Waals surface area contributed by atoms with E-state index in [0.717, 1.165) is 18.4 Å². The third-order valence-electron chi connectivity index (χ3n) is 3.17. The number of nitrogens with two attached hydrogens (primary N) is 1. The average Bonchev–Trinajstić information content (AvgIpc) is 2.45. The van der Waals surface area contributed by atoms with Crippen molar-refractivity contribution in [2.75, 3.05) is 12.8 Å². The molecule has 0 fully saturated rings. The maximum Gasteiger partial charge on any atom is 0.328 e. The van der Waals surface area contributed by atoms with Crippen molar-refractivity contribution in [2.45, 2.75) is 39.2 Å². The number of anilines is 1. The molecule has 110 valence electrons.